The average molecular weight is 312 g/mol. The SMILES string of the molecule is Cc1ccc(C)c(C(C)NC(=S)NC(C)c2ccccc2)c1. The molecule has 2 atom stereocenters. The van der Waals surface area contributed by atoms with Crippen molar-refractivity contribution in [1.29, 1.82) is 0 Å². The summed E-state index contributed by atoms with van der Waals surface area (Å²) in [5.74, 6) is 0. The molecular formula is C19H24N2S. The number of rotatable bonds is 4. The van der Waals surface area contributed by atoms with Gasteiger partial charge in [-0.15, -0.1) is 0 Å². The summed E-state index contributed by atoms with van der Waals surface area (Å²) < 4.78 is 0. The van der Waals surface area contributed by atoms with E-state index in [0.717, 1.165) is 0 Å². The minimum Gasteiger partial charge on any atom is -0.356 e. The summed E-state index contributed by atoms with van der Waals surface area (Å²) in [5.41, 5.74) is 5.07. The molecule has 0 fully saturated rings. The molecule has 22 heavy (non-hydrogen) atoms. The zero-order valence-corrected chi connectivity index (χ0v) is 14.5. The quantitative estimate of drug-likeness (QED) is 0.808. The summed E-state index contributed by atoms with van der Waals surface area (Å²) in [6, 6.07) is 17.2. The molecule has 0 aliphatic rings. The van der Waals surface area contributed by atoms with E-state index in [1.165, 1.54) is 22.3 Å². The minimum absolute atomic E-state index is 0.183. The van der Waals surface area contributed by atoms with E-state index < -0.39 is 0 Å². The molecule has 116 valence electrons. The van der Waals surface area contributed by atoms with Crippen molar-refractivity contribution in [2.24, 2.45) is 0 Å². The normalized spacial score (nSPS) is 13.3. The first kappa shape index (κ1) is 16.5. The van der Waals surface area contributed by atoms with Crippen molar-refractivity contribution in [1.82, 2.24) is 10.6 Å². The molecule has 0 heterocycles. The van der Waals surface area contributed by atoms with Gasteiger partial charge < -0.3 is 10.6 Å². The molecule has 0 spiro atoms. The molecule has 2 unspecified atom stereocenters. The van der Waals surface area contributed by atoms with Gasteiger partial charge in [0, 0.05) is 0 Å². The highest BCUT2D eigenvalue weighted by atomic mass is 32.1. The van der Waals surface area contributed by atoms with Gasteiger partial charge >= 0.3 is 0 Å². The predicted octanol–water partition coefficient (Wildman–Crippen LogP) is 4.59. The van der Waals surface area contributed by atoms with Gasteiger partial charge in [0.05, 0.1) is 12.1 Å². The third-order valence-corrected chi connectivity index (χ3v) is 4.13. The molecule has 0 aliphatic heterocycles. The van der Waals surface area contributed by atoms with Crippen LogP contribution in [0.1, 0.15) is 48.2 Å². The van der Waals surface area contributed by atoms with Gasteiger partial charge in [-0.05, 0) is 56.6 Å². The van der Waals surface area contributed by atoms with Crippen molar-refractivity contribution < 1.29 is 0 Å². The van der Waals surface area contributed by atoms with Crippen LogP contribution >= 0.6 is 12.2 Å². The Labute approximate surface area is 139 Å². The van der Waals surface area contributed by atoms with Crippen LogP contribution < -0.4 is 10.6 Å². The summed E-state index contributed by atoms with van der Waals surface area (Å²) >= 11 is 5.46. The summed E-state index contributed by atoms with van der Waals surface area (Å²) in [6.45, 7) is 8.51. The van der Waals surface area contributed by atoms with Gasteiger partial charge in [0.15, 0.2) is 5.11 Å². The van der Waals surface area contributed by atoms with Crippen LogP contribution in [0.2, 0.25) is 0 Å². The standard InChI is InChI=1S/C19H24N2S/c1-13-10-11-14(2)18(12-13)16(4)21-19(22)20-15(3)17-8-6-5-7-9-17/h5-12,15-16H,1-4H3,(H2,20,21,22). The van der Waals surface area contributed by atoms with Crippen molar-refractivity contribution in [3.63, 3.8) is 0 Å². The highest BCUT2D eigenvalue weighted by molar-refractivity contribution is 7.80. The smallest absolute Gasteiger partial charge is 0.167 e. The van der Waals surface area contributed by atoms with Crippen LogP contribution in [0, 0.1) is 13.8 Å². The Morgan fingerprint density at radius 2 is 1.55 bits per heavy atom. The molecule has 0 saturated heterocycles. The fourth-order valence-corrected chi connectivity index (χ4v) is 2.92. The molecule has 2 nitrogen and oxygen atoms in total. The molecule has 2 aromatic rings. The molecule has 0 amide bonds. The lowest BCUT2D eigenvalue weighted by Gasteiger charge is -2.22. The largest absolute Gasteiger partial charge is 0.356 e. The number of hydrogen-bond donors (Lipinski definition) is 2. The molecule has 2 aromatic carbocycles. The fraction of sp³-hybridized carbons (Fsp3) is 0.316. The lowest BCUT2D eigenvalue weighted by molar-refractivity contribution is 0.653. The fourth-order valence-electron chi connectivity index (χ4n) is 2.56. The maximum absolute atomic E-state index is 5.46. The van der Waals surface area contributed by atoms with E-state index in [4.69, 9.17) is 12.2 Å². The van der Waals surface area contributed by atoms with E-state index in [0.29, 0.717) is 5.11 Å². The molecule has 0 bridgehead atoms. The van der Waals surface area contributed by atoms with E-state index in [1.54, 1.807) is 0 Å². The molecule has 0 saturated carbocycles. The lowest BCUT2D eigenvalue weighted by atomic mass is 10.0. The van der Waals surface area contributed by atoms with Gasteiger partial charge in [-0.1, -0.05) is 54.1 Å². The first-order valence-corrected chi connectivity index (χ1v) is 8.07. The highest BCUT2D eigenvalue weighted by Gasteiger charge is 2.12. The number of benzene rings is 2. The van der Waals surface area contributed by atoms with E-state index in [2.05, 4.69) is 68.7 Å². The molecule has 2 rings (SSSR count). The topological polar surface area (TPSA) is 24.1 Å². The second-order valence-corrected chi connectivity index (χ2v) is 6.24. The van der Waals surface area contributed by atoms with E-state index in [-0.39, 0.29) is 12.1 Å². The molecule has 0 aromatic heterocycles. The second kappa shape index (κ2) is 7.41. The Morgan fingerprint density at radius 3 is 2.23 bits per heavy atom. The van der Waals surface area contributed by atoms with Crippen molar-refractivity contribution in [3.8, 4) is 0 Å². The Morgan fingerprint density at radius 1 is 0.909 bits per heavy atom. The van der Waals surface area contributed by atoms with E-state index in [1.807, 2.05) is 18.2 Å². The number of nitrogens with one attached hydrogen (secondary N) is 2. The first-order valence-electron chi connectivity index (χ1n) is 7.66. The highest BCUT2D eigenvalue weighted by Crippen LogP contribution is 2.19. The van der Waals surface area contributed by atoms with Gasteiger partial charge in [-0.3, -0.25) is 0 Å². The maximum Gasteiger partial charge on any atom is 0.167 e. The molecule has 3 heteroatoms. The van der Waals surface area contributed by atoms with Crippen molar-refractivity contribution >= 4 is 17.3 Å². The summed E-state index contributed by atoms with van der Waals surface area (Å²) in [4.78, 5) is 0. The minimum atomic E-state index is 0.183. The average Bonchev–Trinajstić information content (AvgIpc) is 2.50. The van der Waals surface area contributed by atoms with Crippen LogP contribution in [0.5, 0.6) is 0 Å². The zero-order chi connectivity index (χ0) is 16.1. The number of aryl methyl sites for hydroxylation is 2. The molecule has 2 N–H and O–H groups in total. The van der Waals surface area contributed by atoms with Crippen LogP contribution in [0.25, 0.3) is 0 Å². The third-order valence-electron chi connectivity index (χ3n) is 3.90. The maximum atomic E-state index is 5.46. The van der Waals surface area contributed by atoms with Gasteiger partial charge in [-0.2, -0.15) is 0 Å². The van der Waals surface area contributed by atoms with Crippen molar-refractivity contribution in [2.75, 3.05) is 0 Å². The van der Waals surface area contributed by atoms with E-state index >= 15 is 0 Å². The lowest BCUT2D eigenvalue weighted by Crippen LogP contribution is -2.38. The second-order valence-electron chi connectivity index (χ2n) is 5.83. The van der Waals surface area contributed by atoms with Crippen molar-refractivity contribution in [2.45, 2.75) is 39.8 Å². The monoisotopic (exact) mass is 312 g/mol. The first-order chi connectivity index (χ1) is 10.5. The van der Waals surface area contributed by atoms with Gasteiger partial charge in [0.2, 0.25) is 0 Å². The molecule has 0 aliphatic carbocycles. The Balaban J connectivity index is 1.98. The number of thiocarbonyl (C=S) groups is 1. The zero-order valence-electron chi connectivity index (χ0n) is 13.7. The van der Waals surface area contributed by atoms with E-state index in [9.17, 15) is 0 Å². The molecular weight excluding hydrogens is 288 g/mol. The summed E-state index contributed by atoms with van der Waals surface area (Å²) in [5, 5.41) is 7.42. The molecule has 0 radical (unpaired) electrons. The van der Waals surface area contributed by atoms with Crippen LogP contribution in [0.3, 0.4) is 0 Å². The van der Waals surface area contributed by atoms with Crippen molar-refractivity contribution in [3.05, 3.63) is 70.8 Å². The van der Waals surface area contributed by atoms with Gasteiger partial charge in [-0.25, -0.2) is 0 Å². The summed E-state index contributed by atoms with van der Waals surface area (Å²) in [7, 11) is 0. The Bertz CT molecular complexity index is 637. The Kier molecular flexibility index (Phi) is 5.56. The number of hydrogen-bond acceptors (Lipinski definition) is 1. The van der Waals surface area contributed by atoms with Gasteiger partial charge in [0.25, 0.3) is 0 Å². The summed E-state index contributed by atoms with van der Waals surface area (Å²) in [6.07, 6.45) is 0. The van der Waals surface area contributed by atoms with Crippen LogP contribution in [0.4, 0.5) is 0 Å². The van der Waals surface area contributed by atoms with Gasteiger partial charge in [0.1, 0.15) is 0 Å². The predicted molar refractivity (Wildman–Crippen MR) is 98.1 cm³/mol. The Hall–Kier alpha value is -1.87. The van der Waals surface area contributed by atoms with Crippen LogP contribution in [-0.4, -0.2) is 5.11 Å². The van der Waals surface area contributed by atoms with Crippen LogP contribution in [0.15, 0.2) is 48.5 Å². The third kappa shape index (κ3) is 4.31. The van der Waals surface area contributed by atoms with Crippen LogP contribution in [-0.2, 0) is 0 Å².